The zero-order chi connectivity index (χ0) is 24.9. The molecule has 0 radical (unpaired) electrons. The quantitative estimate of drug-likeness (QED) is 0.366. The van der Waals surface area contributed by atoms with E-state index in [0.29, 0.717) is 69.4 Å². The topological polar surface area (TPSA) is 120 Å². The van der Waals surface area contributed by atoms with Crippen LogP contribution in [0.15, 0.2) is 67.6 Å². The lowest BCUT2D eigenvalue weighted by molar-refractivity contribution is 0.257. The zero-order valence-electron chi connectivity index (χ0n) is 19.2. The van der Waals surface area contributed by atoms with E-state index in [1.165, 1.54) is 18.5 Å². The van der Waals surface area contributed by atoms with Gasteiger partial charge in [0.1, 0.15) is 35.6 Å². The van der Waals surface area contributed by atoms with Gasteiger partial charge in [0.25, 0.3) is 0 Å². The molecule has 0 saturated carbocycles. The maximum atomic E-state index is 14.3. The molecule has 0 amide bonds. The molecule has 178 valence electrons. The molecular weight excluding hydrogens is 473 g/mol. The van der Waals surface area contributed by atoms with Crippen molar-refractivity contribution in [2.75, 3.05) is 6.61 Å². The second-order valence-corrected chi connectivity index (χ2v) is 8.58. The van der Waals surface area contributed by atoms with Crippen molar-refractivity contribution >= 4 is 22.2 Å². The third kappa shape index (κ3) is 3.38. The van der Waals surface area contributed by atoms with E-state index in [1.54, 1.807) is 53.8 Å². The highest BCUT2D eigenvalue weighted by Crippen LogP contribution is 2.39. The number of ether oxygens (including phenoxy) is 1. The van der Waals surface area contributed by atoms with E-state index in [9.17, 15) is 9.65 Å². The number of nitriles is 1. The molecule has 1 aliphatic heterocycles. The van der Waals surface area contributed by atoms with Gasteiger partial charge in [0.05, 0.1) is 47.1 Å². The smallest absolute Gasteiger partial charge is 0.237 e. The summed E-state index contributed by atoms with van der Waals surface area (Å²) < 4.78 is 23.9. The van der Waals surface area contributed by atoms with Gasteiger partial charge in [0.2, 0.25) is 5.95 Å². The number of nitrogens with zero attached hydrogens (tertiary/aromatic N) is 9. The van der Waals surface area contributed by atoms with Crippen LogP contribution in [-0.4, -0.2) is 45.6 Å². The molecule has 0 spiro atoms. The second-order valence-electron chi connectivity index (χ2n) is 8.58. The van der Waals surface area contributed by atoms with Gasteiger partial charge in [-0.15, -0.1) is 0 Å². The van der Waals surface area contributed by atoms with Gasteiger partial charge in [-0.3, -0.25) is 4.57 Å². The molecule has 0 fully saturated rings. The number of fused-ring (bicyclic) bond motifs is 3. The van der Waals surface area contributed by atoms with Gasteiger partial charge in [-0.1, -0.05) is 0 Å². The summed E-state index contributed by atoms with van der Waals surface area (Å²) >= 11 is 0. The Morgan fingerprint density at radius 2 is 1.89 bits per heavy atom. The number of aromatic nitrogens is 8. The van der Waals surface area contributed by atoms with Crippen molar-refractivity contribution in [2.45, 2.75) is 12.5 Å². The normalized spacial score (nSPS) is 14.9. The van der Waals surface area contributed by atoms with Gasteiger partial charge in [0, 0.05) is 24.4 Å². The van der Waals surface area contributed by atoms with Crippen LogP contribution in [0.2, 0.25) is 0 Å². The third-order valence-electron chi connectivity index (χ3n) is 6.42. The highest BCUT2D eigenvalue weighted by atomic mass is 19.1. The van der Waals surface area contributed by atoms with Crippen molar-refractivity contribution in [3.8, 4) is 29.2 Å². The summed E-state index contributed by atoms with van der Waals surface area (Å²) in [7, 11) is 0. The van der Waals surface area contributed by atoms with E-state index in [4.69, 9.17) is 14.7 Å². The first-order valence-corrected chi connectivity index (χ1v) is 11.5. The lowest BCUT2D eigenvalue weighted by Gasteiger charge is -2.28. The van der Waals surface area contributed by atoms with Gasteiger partial charge in [0.15, 0.2) is 5.65 Å². The number of rotatable bonds is 3. The Kier molecular flexibility index (Phi) is 4.65. The summed E-state index contributed by atoms with van der Waals surface area (Å²) in [6, 6.07) is 11.6. The molecule has 0 unspecified atom stereocenters. The number of benzene rings is 2. The summed E-state index contributed by atoms with van der Waals surface area (Å²) in [5.41, 5.74) is 4.45. The Hall–Kier alpha value is -5.24. The molecule has 6 aromatic rings. The van der Waals surface area contributed by atoms with Crippen molar-refractivity contribution < 1.29 is 9.13 Å². The first kappa shape index (κ1) is 21.1. The largest absolute Gasteiger partial charge is 0.493 e. The molecular formula is C26H16FN9O. The molecule has 2 aromatic carbocycles. The molecule has 4 aromatic heterocycles. The molecule has 10 nitrogen and oxygen atoms in total. The lowest BCUT2D eigenvalue weighted by Crippen LogP contribution is -2.21. The van der Waals surface area contributed by atoms with Crippen molar-refractivity contribution in [3.63, 3.8) is 0 Å². The van der Waals surface area contributed by atoms with Crippen LogP contribution in [0.3, 0.4) is 0 Å². The molecule has 0 bridgehead atoms. The van der Waals surface area contributed by atoms with Gasteiger partial charge >= 0.3 is 0 Å². The van der Waals surface area contributed by atoms with Crippen LogP contribution in [-0.2, 0) is 0 Å². The summed E-state index contributed by atoms with van der Waals surface area (Å²) in [5, 5.41) is 9.36. The molecule has 5 heterocycles. The van der Waals surface area contributed by atoms with Gasteiger partial charge in [-0.25, -0.2) is 29.3 Å². The first-order chi connectivity index (χ1) is 18.2. The molecule has 11 heteroatoms. The average molecular weight is 489 g/mol. The summed E-state index contributed by atoms with van der Waals surface area (Å²) in [6.45, 7) is 0.453. The SMILES string of the molecule is N#Cc1ccc2ncn(-c3ncc4nc(-c5cncnc5)n([C@@H]5CCOc6ccc(F)cc65)c4n3)c2c1. The van der Waals surface area contributed by atoms with E-state index in [1.807, 2.05) is 4.57 Å². The summed E-state index contributed by atoms with van der Waals surface area (Å²) in [5.74, 6) is 1.23. The molecule has 0 saturated heterocycles. The number of imidazole rings is 2. The maximum Gasteiger partial charge on any atom is 0.237 e. The van der Waals surface area contributed by atoms with Crippen molar-refractivity contribution in [1.82, 2.24) is 39.0 Å². The Balaban J connectivity index is 1.49. The van der Waals surface area contributed by atoms with Crippen molar-refractivity contribution in [2.24, 2.45) is 0 Å². The minimum absolute atomic E-state index is 0.299. The molecule has 0 aliphatic carbocycles. The molecule has 1 atom stereocenters. The molecule has 37 heavy (non-hydrogen) atoms. The van der Waals surface area contributed by atoms with Crippen molar-refractivity contribution in [3.05, 3.63) is 84.6 Å². The zero-order valence-corrected chi connectivity index (χ0v) is 19.2. The standard InChI is InChI=1S/C26H16FN9O/c27-17-2-4-23-18(8-17)21(5-6-37-23)36-24(16-10-29-13-30-11-16)33-20-12-31-26(34-25(20)36)35-14-32-19-3-1-15(9-28)7-22(19)35/h1-4,7-8,10-14,21H,5-6H2/t21-/m1/s1. The molecule has 1 aliphatic rings. The second kappa shape index (κ2) is 8.17. The minimum atomic E-state index is -0.350. The predicted molar refractivity (Wildman–Crippen MR) is 130 cm³/mol. The Bertz CT molecular complexity index is 1860. The van der Waals surface area contributed by atoms with E-state index in [-0.39, 0.29) is 11.9 Å². The van der Waals surface area contributed by atoms with Gasteiger partial charge in [-0.05, 0) is 36.4 Å². The van der Waals surface area contributed by atoms with Crippen LogP contribution in [0.5, 0.6) is 5.75 Å². The van der Waals surface area contributed by atoms with Gasteiger partial charge < -0.3 is 9.30 Å². The Labute approximate surface area is 208 Å². The number of hydrogen-bond donors (Lipinski definition) is 0. The molecule has 7 rings (SSSR count). The van der Waals surface area contributed by atoms with E-state index in [2.05, 4.69) is 26.0 Å². The first-order valence-electron chi connectivity index (χ1n) is 11.5. The van der Waals surface area contributed by atoms with Crippen LogP contribution in [0.4, 0.5) is 4.39 Å². The summed E-state index contributed by atoms with van der Waals surface area (Å²) in [6.07, 6.45) is 8.66. The number of hydrogen-bond acceptors (Lipinski definition) is 8. The van der Waals surface area contributed by atoms with E-state index in [0.717, 1.165) is 0 Å². The van der Waals surface area contributed by atoms with Crippen LogP contribution in [0.25, 0.3) is 39.5 Å². The highest BCUT2D eigenvalue weighted by Gasteiger charge is 2.29. The third-order valence-corrected chi connectivity index (χ3v) is 6.42. The Morgan fingerprint density at radius 3 is 2.76 bits per heavy atom. The maximum absolute atomic E-state index is 14.3. The summed E-state index contributed by atoms with van der Waals surface area (Å²) in [4.78, 5) is 27.0. The van der Waals surface area contributed by atoms with Crippen LogP contribution < -0.4 is 4.74 Å². The van der Waals surface area contributed by atoms with Gasteiger partial charge in [-0.2, -0.15) is 10.2 Å². The lowest BCUT2D eigenvalue weighted by atomic mass is 9.99. The average Bonchev–Trinajstić information content (AvgIpc) is 3.54. The van der Waals surface area contributed by atoms with Crippen LogP contribution >= 0.6 is 0 Å². The monoisotopic (exact) mass is 489 g/mol. The predicted octanol–water partition coefficient (Wildman–Crippen LogP) is 4.00. The fourth-order valence-corrected chi connectivity index (χ4v) is 4.76. The Morgan fingerprint density at radius 1 is 1.00 bits per heavy atom. The minimum Gasteiger partial charge on any atom is -0.493 e. The van der Waals surface area contributed by atoms with Crippen LogP contribution in [0, 0.1) is 17.1 Å². The fraction of sp³-hybridized carbons (Fsp3) is 0.115. The molecule has 0 N–H and O–H groups in total. The van der Waals surface area contributed by atoms with Crippen LogP contribution in [0.1, 0.15) is 23.6 Å². The highest BCUT2D eigenvalue weighted by molar-refractivity contribution is 5.80. The van der Waals surface area contributed by atoms with E-state index >= 15 is 0 Å². The number of halogens is 1. The fourth-order valence-electron chi connectivity index (χ4n) is 4.76. The van der Waals surface area contributed by atoms with Crippen molar-refractivity contribution in [1.29, 1.82) is 5.26 Å². The van der Waals surface area contributed by atoms with E-state index < -0.39 is 0 Å².